The molecule has 330 valence electrons. The van der Waals surface area contributed by atoms with Crippen molar-refractivity contribution in [2.45, 2.75) is 0 Å². The van der Waals surface area contributed by atoms with Gasteiger partial charge in [0.25, 0.3) is 0 Å². The lowest BCUT2D eigenvalue weighted by atomic mass is 9.92. The summed E-state index contributed by atoms with van der Waals surface area (Å²) in [6.45, 7) is 0. The van der Waals surface area contributed by atoms with Crippen molar-refractivity contribution in [2.75, 3.05) is 0 Å². The Hall–Kier alpha value is -9.44. The van der Waals surface area contributed by atoms with Gasteiger partial charge in [0.1, 0.15) is 0 Å². The molecule has 0 N–H and O–H groups in total. The molecule has 14 rings (SSSR count). The standard InChI is InChI=1S/C68H43N3/c1-4-17-44(18-5-1)50-41-51(45-19-6-2-7-20-45)43-52(42-50)46-33-35-49(36-34-46)67-68(70-61-31-13-12-30-60(61)69-67)59-29-15-27-57-55(59)26-16-32-62(57)71-63-39-37-48-23-10-11-24-54(48)65(63)66-58-28-14-25-53(47-21-8-3-9-22-47)56(58)38-40-64(66)71/h1-43H. The van der Waals surface area contributed by atoms with Crippen LogP contribution in [0.5, 0.6) is 0 Å². The molecular formula is C68H43N3. The van der Waals surface area contributed by atoms with Gasteiger partial charge < -0.3 is 4.57 Å². The Kier molecular flexibility index (Phi) is 9.53. The molecule has 14 aromatic rings. The predicted octanol–water partition coefficient (Wildman–Crippen LogP) is 18.2. The third-order valence-corrected chi connectivity index (χ3v) is 14.4. The molecule has 0 saturated heterocycles. The minimum Gasteiger partial charge on any atom is -0.309 e. The number of aromatic nitrogens is 3. The second-order valence-electron chi connectivity index (χ2n) is 18.4. The molecule has 0 aliphatic carbocycles. The lowest BCUT2D eigenvalue weighted by Crippen LogP contribution is -1.98. The number of para-hydroxylation sites is 2. The fourth-order valence-electron chi connectivity index (χ4n) is 11.1. The van der Waals surface area contributed by atoms with Gasteiger partial charge in [0.15, 0.2) is 0 Å². The molecule has 0 aliphatic heterocycles. The van der Waals surface area contributed by atoms with Crippen LogP contribution >= 0.6 is 0 Å². The summed E-state index contributed by atoms with van der Waals surface area (Å²) in [5, 5.41) is 9.73. The van der Waals surface area contributed by atoms with E-state index in [0.717, 1.165) is 61.1 Å². The largest absolute Gasteiger partial charge is 0.309 e. The van der Waals surface area contributed by atoms with Crippen LogP contribution in [0.1, 0.15) is 0 Å². The van der Waals surface area contributed by atoms with Crippen molar-refractivity contribution in [2.24, 2.45) is 0 Å². The quantitative estimate of drug-likeness (QED) is 0.160. The zero-order valence-corrected chi connectivity index (χ0v) is 38.7. The fourth-order valence-corrected chi connectivity index (χ4v) is 11.1. The molecule has 0 unspecified atom stereocenters. The van der Waals surface area contributed by atoms with E-state index in [1.165, 1.54) is 76.7 Å². The molecule has 12 aromatic carbocycles. The molecule has 3 nitrogen and oxygen atoms in total. The van der Waals surface area contributed by atoms with Crippen molar-refractivity contribution in [3.8, 4) is 72.7 Å². The van der Waals surface area contributed by atoms with Gasteiger partial charge in [0.2, 0.25) is 0 Å². The van der Waals surface area contributed by atoms with Crippen LogP contribution in [0, 0.1) is 0 Å². The zero-order valence-electron chi connectivity index (χ0n) is 38.7. The second kappa shape index (κ2) is 16.7. The summed E-state index contributed by atoms with van der Waals surface area (Å²) >= 11 is 0. The Morgan fingerprint density at radius 1 is 0.254 bits per heavy atom. The highest BCUT2D eigenvalue weighted by Crippen LogP contribution is 2.45. The number of nitrogens with zero attached hydrogens (tertiary/aromatic N) is 3. The van der Waals surface area contributed by atoms with Gasteiger partial charge in [-0.3, -0.25) is 0 Å². The summed E-state index contributed by atoms with van der Waals surface area (Å²) in [6, 6.07) is 94.2. The molecule has 2 heterocycles. The van der Waals surface area contributed by atoms with Gasteiger partial charge in [-0.05, 0) is 120 Å². The third kappa shape index (κ3) is 6.82. The van der Waals surface area contributed by atoms with Crippen LogP contribution in [0.15, 0.2) is 261 Å². The van der Waals surface area contributed by atoms with Crippen molar-refractivity contribution in [3.05, 3.63) is 261 Å². The van der Waals surface area contributed by atoms with Crippen molar-refractivity contribution in [1.82, 2.24) is 14.5 Å². The third-order valence-electron chi connectivity index (χ3n) is 14.4. The average Bonchev–Trinajstić information content (AvgIpc) is 3.80. The van der Waals surface area contributed by atoms with Crippen molar-refractivity contribution in [3.63, 3.8) is 0 Å². The Balaban J connectivity index is 0.950. The summed E-state index contributed by atoms with van der Waals surface area (Å²) in [6.07, 6.45) is 0. The van der Waals surface area contributed by atoms with E-state index in [1.807, 2.05) is 12.1 Å². The SMILES string of the molecule is c1ccc(-c2cc(-c3ccccc3)cc(-c3ccc(-c4nc5ccccc5nc4-c4cccc5c(-n6c7ccc8ccccc8c7c7c8cccc(-c9ccccc9)c8ccc76)cccc45)cc3)c2)cc1. The van der Waals surface area contributed by atoms with E-state index in [9.17, 15) is 0 Å². The van der Waals surface area contributed by atoms with E-state index in [0.29, 0.717) is 0 Å². The summed E-state index contributed by atoms with van der Waals surface area (Å²) < 4.78 is 2.49. The van der Waals surface area contributed by atoms with Crippen LogP contribution in [-0.2, 0) is 0 Å². The normalized spacial score (nSPS) is 11.7. The Morgan fingerprint density at radius 2 is 0.718 bits per heavy atom. The maximum Gasteiger partial charge on any atom is 0.0979 e. The molecule has 0 amide bonds. The van der Waals surface area contributed by atoms with Crippen molar-refractivity contribution >= 4 is 65.2 Å². The number of rotatable bonds is 7. The molecular weight excluding hydrogens is 859 g/mol. The summed E-state index contributed by atoms with van der Waals surface area (Å²) in [5.41, 5.74) is 18.4. The van der Waals surface area contributed by atoms with Crippen LogP contribution in [0.2, 0.25) is 0 Å². The topological polar surface area (TPSA) is 30.7 Å². The van der Waals surface area contributed by atoms with Gasteiger partial charge in [0.05, 0.1) is 39.1 Å². The highest BCUT2D eigenvalue weighted by Gasteiger charge is 2.22. The first-order chi connectivity index (χ1) is 35.2. The zero-order chi connectivity index (χ0) is 46.8. The highest BCUT2D eigenvalue weighted by molar-refractivity contribution is 6.30. The Morgan fingerprint density at radius 3 is 1.39 bits per heavy atom. The second-order valence-corrected chi connectivity index (χ2v) is 18.4. The van der Waals surface area contributed by atoms with E-state index in [-0.39, 0.29) is 0 Å². The minimum atomic E-state index is 0.847. The fraction of sp³-hybridized carbons (Fsp3) is 0. The van der Waals surface area contributed by atoms with Gasteiger partial charge in [-0.1, -0.05) is 212 Å². The number of hydrogen-bond acceptors (Lipinski definition) is 2. The average molecular weight is 902 g/mol. The van der Waals surface area contributed by atoms with Crippen LogP contribution in [0.25, 0.3) is 138 Å². The first kappa shape index (κ1) is 40.6. The van der Waals surface area contributed by atoms with Crippen molar-refractivity contribution in [1.29, 1.82) is 0 Å². The summed E-state index contributed by atoms with van der Waals surface area (Å²) in [7, 11) is 0. The number of hydrogen-bond donors (Lipinski definition) is 0. The summed E-state index contributed by atoms with van der Waals surface area (Å²) in [5.74, 6) is 0. The Labute approximate surface area is 411 Å². The highest BCUT2D eigenvalue weighted by atomic mass is 15.0. The van der Waals surface area contributed by atoms with Crippen LogP contribution in [-0.4, -0.2) is 14.5 Å². The molecule has 0 spiro atoms. The van der Waals surface area contributed by atoms with Gasteiger partial charge in [-0.2, -0.15) is 0 Å². The van der Waals surface area contributed by atoms with E-state index >= 15 is 0 Å². The van der Waals surface area contributed by atoms with Gasteiger partial charge >= 0.3 is 0 Å². The van der Waals surface area contributed by atoms with E-state index in [4.69, 9.17) is 9.97 Å². The lowest BCUT2D eigenvalue weighted by molar-refractivity contribution is 1.20. The van der Waals surface area contributed by atoms with Gasteiger partial charge in [-0.15, -0.1) is 0 Å². The van der Waals surface area contributed by atoms with E-state index in [1.54, 1.807) is 0 Å². The first-order valence-corrected chi connectivity index (χ1v) is 24.3. The molecule has 0 fully saturated rings. The summed E-state index contributed by atoms with van der Waals surface area (Å²) in [4.78, 5) is 10.9. The number of fused-ring (bicyclic) bond motifs is 9. The molecule has 71 heavy (non-hydrogen) atoms. The predicted molar refractivity (Wildman–Crippen MR) is 299 cm³/mol. The van der Waals surface area contributed by atoms with E-state index in [2.05, 4.69) is 253 Å². The molecule has 0 atom stereocenters. The molecule has 0 radical (unpaired) electrons. The van der Waals surface area contributed by atoms with Crippen LogP contribution in [0.3, 0.4) is 0 Å². The first-order valence-electron chi connectivity index (χ1n) is 24.3. The van der Waals surface area contributed by atoms with Gasteiger partial charge in [0, 0.05) is 27.3 Å². The molecule has 2 aromatic heterocycles. The molecule has 0 aliphatic rings. The minimum absolute atomic E-state index is 0.847. The van der Waals surface area contributed by atoms with E-state index < -0.39 is 0 Å². The Bertz CT molecular complexity index is 4310. The maximum atomic E-state index is 5.47. The molecule has 0 bridgehead atoms. The van der Waals surface area contributed by atoms with Crippen LogP contribution < -0.4 is 0 Å². The van der Waals surface area contributed by atoms with Crippen LogP contribution in [0.4, 0.5) is 0 Å². The smallest absolute Gasteiger partial charge is 0.0979 e. The number of benzene rings is 12. The van der Waals surface area contributed by atoms with Gasteiger partial charge in [-0.25, -0.2) is 9.97 Å². The monoisotopic (exact) mass is 901 g/mol. The molecule has 3 heteroatoms. The van der Waals surface area contributed by atoms with Crippen molar-refractivity contribution < 1.29 is 0 Å². The molecule has 0 saturated carbocycles. The lowest BCUT2D eigenvalue weighted by Gasteiger charge is -2.16. The maximum absolute atomic E-state index is 5.47.